The average molecular weight is 579 g/mol. The molecule has 0 N–H and O–H groups in total. The lowest BCUT2D eigenvalue weighted by molar-refractivity contribution is -0.146. The SMILES string of the molecule is C=C1C[C@@H]2[C@H](C=C[C@H](C[C@@H](C)CCCC)O[Si](C)(C)C(C)(C)C)[C@H](O[Si](C)(C)C(C)(C)C)C[C@@H]2C1OC(C)=O. The maximum Gasteiger partial charge on any atom is 0.303 e. The zero-order chi connectivity index (χ0) is 30.0. The van der Waals surface area contributed by atoms with Gasteiger partial charge >= 0.3 is 5.97 Å². The van der Waals surface area contributed by atoms with Gasteiger partial charge < -0.3 is 13.6 Å². The van der Waals surface area contributed by atoms with Gasteiger partial charge in [0.05, 0.1) is 12.2 Å². The van der Waals surface area contributed by atoms with Crippen molar-refractivity contribution in [1.82, 2.24) is 0 Å². The highest BCUT2D eigenvalue weighted by atomic mass is 28.4. The number of unbranched alkanes of at least 4 members (excludes halogenated alkanes) is 1. The molecule has 0 aromatic carbocycles. The minimum atomic E-state index is -1.98. The third kappa shape index (κ3) is 8.89. The lowest BCUT2D eigenvalue weighted by Gasteiger charge is -2.40. The van der Waals surface area contributed by atoms with Crippen molar-refractivity contribution in [3.8, 4) is 0 Å². The molecule has 4 nitrogen and oxygen atoms in total. The molecular formula is C33H62O4Si2. The first-order valence-electron chi connectivity index (χ1n) is 15.6. The molecule has 0 radical (unpaired) electrons. The molecule has 0 amide bonds. The number of ether oxygens (including phenoxy) is 1. The first-order valence-corrected chi connectivity index (χ1v) is 21.4. The topological polar surface area (TPSA) is 44.8 Å². The molecule has 226 valence electrons. The highest BCUT2D eigenvalue weighted by Gasteiger charge is 2.54. The van der Waals surface area contributed by atoms with Crippen LogP contribution in [0, 0.1) is 23.7 Å². The van der Waals surface area contributed by atoms with Gasteiger partial charge in [-0.2, -0.15) is 0 Å². The number of hydrogen-bond acceptors (Lipinski definition) is 4. The molecule has 2 aliphatic carbocycles. The van der Waals surface area contributed by atoms with Crippen LogP contribution in [-0.2, 0) is 18.4 Å². The Morgan fingerprint density at radius 2 is 1.64 bits per heavy atom. The predicted molar refractivity (Wildman–Crippen MR) is 171 cm³/mol. The summed E-state index contributed by atoms with van der Waals surface area (Å²) in [5.41, 5.74) is 1.06. The summed E-state index contributed by atoms with van der Waals surface area (Å²) in [7, 11) is -3.92. The zero-order valence-electron chi connectivity index (χ0n) is 27.8. The van der Waals surface area contributed by atoms with Crippen LogP contribution in [0.3, 0.4) is 0 Å². The summed E-state index contributed by atoms with van der Waals surface area (Å²) >= 11 is 0. The second kappa shape index (κ2) is 13.1. The highest BCUT2D eigenvalue weighted by Crippen LogP contribution is 2.54. The number of rotatable bonds is 12. The lowest BCUT2D eigenvalue weighted by atomic mass is 9.89. The molecule has 0 aliphatic heterocycles. The summed E-state index contributed by atoms with van der Waals surface area (Å²) in [6, 6.07) is 0. The van der Waals surface area contributed by atoms with E-state index >= 15 is 0 Å². The smallest absolute Gasteiger partial charge is 0.303 e. The Hall–Kier alpha value is -0.696. The molecule has 0 aromatic heterocycles. The van der Waals surface area contributed by atoms with Crippen molar-refractivity contribution >= 4 is 22.6 Å². The van der Waals surface area contributed by atoms with E-state index in [1.807, 2.05) is 0 Å². The third-order valence-corrected chi connectivity index (χ3v) is 19.3. The Morgan fingerprint density at radius 3 is 2.15 bits per heavy atom. The van der Waals surface area contributed by atoms with E-state index in [0.717, 1.165) is 24.8 Å². The maximum atomic E-state index is 11.9. The third-order valence-electron chi connectivity index (χ3n) is 10.3. The molecule has 6 heteroatoms. The van der Waals surface area contributed by atoms with Crippen LogP contribution in [0.5, 0.6) is 0 Å². The molecule has 1 unspecified atom stereocenters. The van der Waals surface area contributed by atoms with E-state index in [2.05, 4.69) is 100 Å². The molecule has 0 spiro atoms. The first-order chi connectivity index (χ1) is 17.7. The molecule has 2 rings (SSSR count). The van der Waals surface area contributed by atoms with Gasteiger partial charge in [-0.25, -0.2) is 0 Å². The Bertz CT molecular complexity index is 864. The summed E-state index contributed by atoms with van der Waals surface area (Å²) in [5.74, 6) is 1.34. The molecule has 2 saturated carbocycles. The van der Waals surface area contributed by atoms with Crippen molar-refractivity contribution in [3.63, 3.8) is 0 Å². The fourth-order valence-electron chi connectivity index (χ4n) is 5.86. The maximum absolute atomic E-state index is 11.9. The second-order valence-electron chi connectivity index (χ2n) is 15.7. The van der Waals surface area contributed by atoms with Gasteiger partial charge in [0.2, 0.25) is 0 Å². The van der Waals surface area contributed by atoms with Crippen LogP contribution in [0.1, 0.15) is 101 Å². The van der Waals surface area contributed by atoms with E-state index < -0.39 is 16.6 Å². The van der Waals surface area contributed by atoms with Crippen LogP contribution in [0.25, 0.3) is 0 Å². The Morgan fingerprint density at radius 1 is 1.05 bits per heavy atom. The lowest BCUT2D eigenvalue weighted by Crippen LogP contribution is -2.45. The number of hydrogen-bond donors (Lipinski definition) is 0. The summed E-state index contributed by atoms with van der Waals surface area (Å²) in [6.45, 7) is 33.8. The van der Waals surface area contributed by atoms with E-state index in [1.54, 1.807) is 0 Å². The van der Waals surface area contributed by atoms with Gasteiger partial charge in [0, 0.05) is 18.8 Å². The van der Waals surface area contributed by atoms with E-state index in [-0.39, 0.29) is 46.2 Å². The average Bonchev–Trinajstić information content (AvgIpc) is 3.22. The summed E-state index contributed by atoms with van der Waals surface area (Å²) in [4.78, 5) is 11.9. The minimum Gasteiger partial charge on any atom is -0.458 e. The molecule has 0 aromatic rings. The van der Waals surface area contributed by atoms with Gasteiger partial charge in [0.15, 0.2) is 16.6 Å². The molecule has 2 fully saturated rings. The monoisotopic (exact) mass is 578 g/mol. The van der Waals surface area contributed by atoms with E-state index in [0.29, 0.717) is 11.8 Å². The summed E-state index contributed by atoms with van der Waals surface area (Å²) in [6.07, 6.45) is 11.5. The molecule has 2 aliphatic rings. The molecule has 7 atom stereocenters. The zero-order valence-corrected chi connectivity index (χ0v) is 29.8. The summed E-state index contributed by atoms with van der Waals surface area (Å²) < 4.78 is 20.0. The van der Waals surface area contributed by atoms with Crippen LogP contribution in [-0.4, -0.2) is 40.9 Å². The summed E-state index contributed by atoms with van der Waals surface area (Å²) in [5, 5.41) is 0.305. The fourth-order valence-corrected chi connectivity index (χ4v) is 8.51. The molecule has 0 heterocycles. The Kier molecular flexibility index (Phi) is 11.6. The van der Waals surface area contributed by atoms with Crippen LogP contribution < -0.4 is 0 Å². The highest BCUT2D eigenvalue weighted by molar-refractivity contribution is 6.74. The standard InChI is InChI=1S/C33H62O4Si2/c1-15-16-17-23(2)20-26(36-38(11,12)32(5,6)7)18-19-27-28-21-24(3)31(35-25(4)34)29(28)22-30(27)37-39(13,14)33(8,9)10/h18-19,23,26-31H,3,15-17,20-22H2,1-2,4-14H3/t23-,26+,27-,28+,29-,30+,31?/m0/s1. The number of esters is 1. The number of fused-ring (bicyclic) bond motifs is 1. The molecule has 0 bridgehead atoms. The van der Waals surface area contributed by atoms with E-state index in [1.165, 1.54) is 26.2 Å². The van der Waals surface area contributed by atoms with E-state index in [4.69, 9.17) is 13.6 Å². The second-order valence-corrected chi connectivity index (χ2v) is 25.2. The van der Waals surface area contributed by atoms with Crippen molar-refractivity contribution in [2.24, 2.45) is 23.7 Å². The number of carbonyl (C=O) groups excluding carboxylic acids is 1. The quantitative estimate of drug-likeness (QED) is 0.131. The first kappa shape index (κ1) is 34.5. The Balaban J connectivity index is 2.41. The largest absolute Gasteiger partial charge is 0.458 e. The number of carbonyl (C=O) groups is 1. The van der Waals surface area contributed by atoms with Crippen LogP contribution in [0.4, 0.5) is 0 Å². The normalized spacial score (nSPS) is 28.1. The minimum absolute atomic E-state index is 0.110. The van der Waals surface area contributed by atoms with Gasteiger partial charge in [-0.05, 0) is 72.9 Å². The van der Waals surface area contributed by atoms with Crippen LogP contribution in [0.2, 0.25) is 36.3 Å². The molecule has 39 heavy (non-hydrogen) atoms. The van der Waals surface area contributed by atoms with Crippen molar-refractivity contribution < 1.29 is 18.4 Å². The van der Waals surface area contributed by atoms with Crippen molar-refractivity contribution in [1.29, 1.82) is 0 Å². The van der Waals surface area contributed by atoms with Gasteiger partial charge in [-0.15, -0.1) is 0 Å². The van der Waals surface area contributed by atoms with Gasteiger partial charge in [-0.1, -0.05) is 93.4 Å². The van der Waals surface area contributed by atoms with E-state index in [9.17, 15) is 4.79 Å². The fraction of sp³-hybridized carbons (Fsp3) is 0.848. The molecular weight excluding hydrogens is 517 g/mol. The predicted octanol–water partition coefficient (Wildman–Crippen LogP) is 9.68. The van der Waals surface area contributed by atoms with Gasteiger partial charge in [0.25, 0.3) is 0 Å². The molecule has 0 saturated heterocycles. The Labute approximate surface area is 244 Å². The van der Waals surface area contributed by atoms with Gasteiger partial charge in [0.1, 0.15) is 6.10 Å². The van der Waals surface area contributed by atoms with Crippen LogP contribution >= 0.6 is 0 Å². The van der Waals surface area contributed by atoms with Gasteiger partial charge in [-0.3, -0.25) is 4.79 Å². The van der Waals surface area contributed by atoms with Crippen LogP contribution in [0.15, 0.2) is 24.3 Å². The van der Waals surface area contributed by atoms with Crippen molar-refractivity contribution in [2.45, 2.75) is 155 Å². The van der Waals surface area contributed by atoms with Crippen molar-refractivity contribution in [2.75, 3.05) is 0 Å². The van der Waals surface area contributed by atoms with Crippen molar-refractivity contribution in [3.05, 3.63) is 24.3 Å².